The van der Waals surface area contributed by atoms with Gasteiger partial charge in [-0.1, -0.05) is 0 Å². The van der Waals surface area contributed by atoms with E-state index in [1.165, 1.54) is 12.3 Å². The maximum atomic E-state index is 12.8. The zero-order valence-corrected chi connectivity index (χ0v) is 18.1. The molecule has 1 aromatic carbocycles. The van der Waals surface area contributed by atoms with Crippen molar-refractivity contribution < 1.29 is 28.2 Å². The van der Waals surface area contributed by atoms with Gasteiger partial charge in [-0.25, -0.2) is 0 Å². The number of carbonyl (C=O) groups is 2. The predicted molar refractivity (Wildman–Crippen MR) is 116 cm³/mol. The fourth-order valence-corrected chi connectivity index (χ4v) is 3.23. The fourth-order valence-electron chi connectivity index (χ4n) is 3.23. The highest BCUT2D eigenvalue weighted by molar-refractivity contribution is 6.01. The van der Waals surface area contributed by atoms with Crippen LogP contribution >= 0.6 is 0 Å². The van der Waals surface area contributed by atoms with Crippen molar-refractivity contribution in [2.45, 2.75) is 26.8 Å². The lowest BCUT2D eigenvalue weighted by Crippen LogP contribution is -2.41. The Kier molecular flexibility index (Phi) is 7.77. The Labute approximate surface area is 181 Å². The van der Waals surface area contributed by atoms with Gasteiger partial charge in [0, 0.05) is 25.2 Å². The molecule has 9 heteroatoms. The van der Waals surface area contributed by atoms with E-state index in [1.54, 1.807) is 19.1 Å². The minimum atomic E-state index is -0.790. The van der Waals surface area contributed by atoms with Gasteiger partial charge in [0.25, 0.3) is 5.91 Å². The first kappa shape index (κ1) is 22.5. The Morgan fingerprint density at radius 3 is 2.48 bits per heavy atom. The summed E-state index contributed by atoms with van der Waals surface area (Å²) in [6, 6.07) is 5.99. The molecule has 0 unspecified atom stereocenters. The molecule has 2 N–H and O–H groups in total. The van der Waals surface area contributed by atoms with Crippen LogP contribution in [0.2, 0.25) is 0 Å². The van der Waals surface area contributed by atoms with Crippen LogP contribution in [0.4, 0.5) is 11.4 Å². The van der Waals surface area contributed by atoms with E-state index in [0.717, 1.165) is 18.8 Å². The monoisotopic (exact) mass is 431 g/mol. The van der Waals surface area contributed by atoms with Gasteiger partial charge >= 0.3 is 0 Å². The molecule has 9 nitrogen and oxygen atoms in total. The molecule has 1 fully saturated rings. The lowest BCUT2D eigenvalue weighted by Gasteiger charge is -2.31. The van der Waals surface area contributed by atoms with E-state index in [0.29, 0.717) is 43.6 Å². The molecule has 0 aliphatic carbocycles. The smallest absolute Gasteiger partial charge is 0.287 e. The predicted octanol–water partition coefficient (Wildman–Crippen LogP) is 2.67. The highest BCUT2D eigenvalue weighted by Gasteiger charge is 2.23. The third kappa shape index (κ3) is 5.69. The van der Waals surface area contributed by atoms with Crippen LogP contribution in [0.15, 0.2) is 34.9 Å². The summed E-state index contributed by atoms with van der Waals surface area (Å²) in [6.45, 7) is 9.06. The van der Waals surface area contributed by atoms with Gasteiger partial charge in [0.15, 0.2) is 5.76 Å². The Morgan fingerprint density at radius 2 is 1.84 bits per heavy atom. The van der Waals surface area contributed by atoms with Crippen molar-refractivity contribution in [1.82, 2.24) is 5.32 Å². The standard InChI is InChI=1S/C22H29N3O6/c1-4-29-19-14-17(25-8-11-28-12-9-25)20(30-5-2)13-16(19)24-21(26)15(3)23-22(27)18-7-6-10-31-18/h6-7,10,13-15H,4-5,8-9,11-12H2,1-3H3,(H,23,27)(H,24,26)/t15-/m0/s1. The first-order chi connectivity index (χ1) is 15.0. The van der Waals surface area contributed by atoms with Gasteiger partial charge in [-0.2, -0.15) is 0 Å². The summed E-state index contributed by atoms with van der Waals surface area (Å²) in [5.41, 5.74) is 1.37. The molecule has 1 aliphatic rings. The van der Waals surface area contributed by atoms with E-state index in [1.807, 2.05) is 19.9 Å². The van der Waals surface area contributed by atoms with Crippen molar-refractivity contribution in [2.75, 3.05) is 49.7 Å². The zero-order chi connectivity index (χ0) is 22.2. The largest absolute Gasteiger partial charge is 0.492 e. The van der Waals surface area contributed by atoms with E-state index in [4.69, 9.17) is 18.6 Å². The fraction of sp³-hybridized carbons (Fsp3) is 0.455. The average Bonchev–Trinajstić information content (AvgIpc) is 3.31. The number of nitrogens with zero attached hydrogens (tertiary/aromatic N) is 1. The Hall–Kier alpha value is -3.20. The van der Waals surface area contributed by atoms with Crippen LogP contribution in [0.25, 0.3) is 0 Å². The van der Waals surface area contributed by atoms with Crippen molar-refractivity contribution in [1.29, 1.82) is 0 Å². The van der Waals surface area contributed by atoms with E-state index in [2.05, 4.69) is 15.5 Å². The number of nitrogens with one attached hydrogen (secondary N) is 2. The number of furan rings is 1. The maximum Gasteiger partial charge on any atom is 0.287 e. The topological polar surface area (TPSA) is 102 Å². The van der Waals surface area contributed by atoms with Crippen LogP contribution in [-0.2, 0) is 9.53 Å². The van der Waals surface area contributed by atoms with Gasteiger partial charge in [0.2, 0.25) is 5.91 Å². The first-order valence-electron chi connectivity index (χ1n) is 10.4. The van der Waals surface area contributed by atoms with E-state index in [9.17, 15) is 9.59 Å². The van der Waals surface area contributed by atoms with E-state index in [-0.39, 0.29) is 11.7 Å². The van der Waals surface area contributed by atoms with Crippen LogP contribution in [0, 0.1) is 0 Å². The molecule has 168 valence electrons. The lowest BCUT2D eigenvalue weighted by molar-refractivity contribution is -0.117. The number of amides is 2. The molecule has 0 bridgehead atoms. The van der Waals surface area contributed by atoms with Crippen LogP contribution in [-0.4, -0.2) is 57.4 Å². The lowest BCUT2D eigenvalue weighted by atomic mass is 10.2. The highest BCUT2D eigenvalue weighted by atomic mass is 16.5. The molecule has 0 radical (unpaired) electrons. The first-order valence-corrected chi connectivity index (χ1v) is 10.4. The normalized spacial score (nSPS) is 14.6. The number of ether oxygens (including phenoxy) is 3. The Balaban J connectivity index is 1.80. The molecule has 2 aromatic rings. The minimum absolute atomic E-state index is 0.142. The molecule has 1 atom stereocenters. The van der Waals surface area contributed by atoms with Crippen molar-refractivity contribution in [3.05, 3.63) is 36.3 Å². The molecular formula is C22H29N3O6. The van der Waals surface area contributed by atoms with Crippen molar-refractivity contribution in [3.63, 3.8) is 0 Å². The van der Waals surface area contributed by atoms with Crippen LogP contribution in [0.3, 0.4) is 0 Å². The molecular weight excluding hydrogens is 402 g/mol. The minimum Gasteiger partial charge on any atom is -0.492 e. The van der Waals surface area contributed by atoms with Crippen molar-refractivity contribution >= 4 is 23.2 Å². The second kappa shape index (κ2) is 10.7. The number of hydrogen-bond acceptors (Lipinski definition) is 7. The summed E-state index contributed by atoms with van der Waals surface area (Å²) in [5, 5.41) is 5.46. The number of morpholine rings is 1. The average molecular weight is 431 g/mol. The van der Waals surface area contributed by atoms with E-state index >= 15 is 0 Å². The van der Waals surface area contributed by atoms with Gasteiger partial charge in [0.05, 0.1) is 44.1 Å². The van der Waals surface area contributed by atoms with Gasteiger partial charge in [-0.15, -0.1) is 0 Å². The second-order valence-electron chi connectivity index (χ2n) is 6.94. The summed E-state index contributed by atoms with van der Waals surface area (Å²) >= 11 is 0. The van der Waals surface area contributed by atoms with Gasteiger partial charge in [0.1, 0.15) is 17.5 Å². The quantitative estimate of drug-likeness (QED) is 0.629. The maximum absolute atomic E-state index is 12.8. The number of benzene rings is 1. The van der Waals surface area contributed by atoms with Gasteiger partial charge in [-0.3, -0.25) is 9.59 Å². The summed E-state index contributed by atoms with van der Waals surface area (Å²) in [5.74, 6) is 0.474. The molecule has 0 spiro atoms. The summed E-state index contributed by atoms with van der Waals surface area (Å²) in [7, 11) is 0. The molecule has 1 saturated heterocycles. The molecule has 31 heavy (non-hydrogen) atoms. The third-order valence-electron chi connectivity index (χ3n) is 4.76. The molecule has 0 saturated carbocycles. The molecule has 3 rings (SSSR count). The molecule has 1 aliphatic heterocycles. The SMILES string of the molecule is CCOc1cc(N2CCOCC2)c(OCC)cc1NC(=O)[C@H](C)NC(=O)c1ccco1. The summed E-state index contributed by atoms with van der Waals surface area (Å²) in [6.07, 6.45) is 1.40. The van der Waals surface area contributed by atoms with Crippen molar-refractivity contribution in [2.24, 2.45) is 0 Å². The molecule has 2 amide bonds. The van der Waals surface area contributed by atoms with Crippen LogP contribution < -0.4 is 25.0 Å². The number of carbonyl (C=O) groups excluding carboxylic acids is 2. The van der Waals surface area contributed by atoms with Gasteiger partial charge in [-0.05, 0) is 32.9 Å². The number of rotatable bonds is 9. The third-order valence-corrected chi connectivity index (χ3v) is 4.76. The Bertz CT molecular complexity index is 878. The van der Waals surface area contributed by atoms with Crippen LogP contribution in [0.1, 0.15) is 31.3 Å². The highest BCUT2D eigenvalue weighted by Crippen LogP contribution is 2.39. The second-order valence-corrected chi connectivity index (χ2v) is 6.94. The molecule has 1 aromatic heterocycles. The Morgan fingerprint density at radius 1 is 1.13 bits per heavy atom. The molecule has 2 heterocycles. The summed E-state index contributed by atoms with van der Waals surface area (Å²) < 4.78 is 22.2. The number of hydrogen-bond donors (Lipinski definition) is 2. The number of anilines is 2. The zero-order valence-electron chi connectivity index (χ0n) is 18.1. The summed E-state index contributed by atoms with van der Waals surface area (Å²) in [4.78, 5) is 27.1. The van der Waals surface area contributed by atoms with Crippen molar-refractivity contribution in [3.8, 4) is 11.5 Å². The van der Waals surface area contributed by atoms with E-state index < -0.39 is 11.9 Å². The van der Waals surface area contributed by atoms with Gasteiger partial charge < -0.3 is 34.2 Å². The van der Waals surface area contributed by atoms with Crippen LogP contribution in [0.5, 0.6) is 11.5 Å².